The minimum atomic E-state index is -3.24. The van der Waals surface area contributed by atoms with Gasteiger partial charge in [0.1, 0.15) is 0 Å². The number of rotatable bonds is 5. The molecule has 0 bridgehead atoms. The van der Waals surface area contributed by atoms with Gasteiger partial charge in [0.25, 0.3) is 0 Å². The van der Waals surface area contributed by atoms with Crippen molar-refractivity contribution in [3.05, 3.63) is 29.8 Å². The van der Waals surface area contributed by atoms with Gasteiger partial charge in [0.15, 0.2) is 0 Å². The third kappa shape index (κ3) is 2.74. The Kier molecular flexibility index (Phi) is 4.32. The van der Waals surface area contributed by atoms with Gasteiger partial charge in [-0.3, -0.25) is 4.31 Å². The lowest BCUT2D eigenvalue weighted by atomic mass is 10.2. The molecule has 0 fully saturated rings. The third-order valence-corrected chi connectivity index (χ3v) is 4.20. The van der Waals surface area contributed by atoms with Crippen LogP contribution in [-0.4, -0.2) is 27.3 Å². The van der Waals surface area contributed by atoms with Gasteiger partial charge >= 0.3 is 0 Å². The molecule has 0 saturated carbocycles. The number of sulfonamides is 1. The molecule has 0 aliphatic heterocycles. The van der Waals surface area contributed by atoms with Gasteiger partial charge < -0.3 is 5.73 Å². The zero-order valence-electron chi connectivity index (χ0n) is 9.68. The molecule has 16 heavy (non-hydrogen) atoms. The van der Waals surface area contributed by atoms with Crippen LogP contribution in [-0.2, 0) is 10.0 Å². The summed E-state index contributed by atoms with van der Waals surface area (Å²) in [5.74, 6) is 0.0847. The molecule has 1 rings (SSSR count). The summed E-state index contributed by atoms with van der Waals surface area (Å²) in [5, 5.41) is 0. The van der Waals surface area contributed by atoms with Crippen LogP contribution >= 0.6 is 0 Å². The van der Waals surface area contributed by atoms with Crippen molar-refractivity contribution >= 4 is 15.7 Å². The molecule has 2 N–H and O–H groups in total. The van der Waals surface area contributed by atoms with E-state index in [1.54, 1.807) is 13.0 Å². The van der Waals surface area contributed by atoms with Gasteiger partial charge in [0, 0.05) is 13.1 Å². The minimum Gasteiger partial charge on any atom is -0.329 e. The number of nitrogens with zero attached hydrogens (tertiary/aromatic N) is 1. The molecule has 0 amide bonds. The molecule has 0 atom stereocenters. The number of hydrogen-bond donors (Lipinski definition) is 1. The van der Waals surface area contributed by atoms with Crippen molar-refractivity contribution in [2.75, 3.05) is 23.1 Å². The first-order valence-electron chi connectivity index (χ1n) is 5.29. The number of nitrogens with two attached hydrogens (primary N) is 1. The van der Waals surface area contributed by atoms with Crippen molar-refractivity contribution in [2.24, 2.45) is 5.73 Å². The normalized spacial score (nSPS) is 11.4. The van der Waals surface area contributed by atoms with Crippen LogP contribution in [0.3, 0.4) is 0 Å². The smallest absolute Gasteiger partial charge is 0.234 e. The highest BCUT2D eigenvalue weighted by molar-refractivity contribution is 7.92. The molecule has 0 aromatic heterocycles. The highest BCUT2D eigenvalue weighted by Gasteiger charge is 2.20. The Balaban J connectivity index is 3.18. The van der Waals surface area contributed by atoms with Crippen LogP contribution in [0.5, 0.6) is 0 Å². The van der Waals surface area contributed by atoms with E-state index < -0.39 is 10.0 Å². The average Bonchev–Trinajstić information content (AvgIpc) is 2.27. The number of para-hydroxylation sites is 1. The van der Waals surface area contributed by atoms with Crippen molar-refractivity contribution in [3.8, 4) is 0 Å². The molecule has 0 heterocycles. The lowest BCUT2D eigenvalue weighted by Gasteiger charge is -2.24. The molecule has 0 spiro atoms. The monoisotopic (exact) mass is 242 g/mol. The molecular formula is C11H18N2O2S. The molecule has 90 valence electrons. The molecule has 0 radical (unpaired) electrons. The second kappa shape index (κ2) is 5.32. The molecule has 0 unspecified atom stereocenters. The van der Waals surface area contributed by atoms with Crippen LogP contribution in [0.25, 0.3) is 0 Å². The fourth-order valence-electron chi connectivity index (χ4n) is 1.53. The third-order valence-electron chi connectivity index (χ3n) is 2.42. The van der Waals surface area contributed by atoms with Gasteiger partial charge in [-0.15, -0.1) is 0 Å². The van der Waals surface area contributed by atoms with E-state index in [2.05, 4.69) is 0 Å². The van der Waals surface area contributed by atoms with Gasteiger partial charge in [0.05, 0.1) is 11.4 Å². The van der Waals surface area contributed by atoms with Gasteiger partial charge in [-0.05, 0) is 25.5 Å². The van der Waals surface area contributed by atoms with Crippen molar-refractivity contribution in [1.82, 2.24) is 0 Å². The fraction of sp³-hybridized carbons (Fsp3) is 0.455. The molecule has 0 saturated heterocycles. The second-order valence-corrected chi connectivity index (χ2v) is 5.73. The van der Waals surface area contributed by atoms with Crippen LogP contribution in [0.15, 0.2) is 24.3 Å². The van der Waals surface area contributed by atoms with E-state index in [-0.39, 0.29) is 5.75 Å². The first-order valence-corrected chi connectivity index (χ1v) is 6.90. The maximum atomic E-state index is 11.9. The Hall–Kier alpha value is -1.07. The van der Waals surface area contributed by atoms with Crippen molar-refractivity contribution in [2.45, 2.75) is 13.8 Å². The zero-order chi connectivity index (χ0) is 12.2. The van der Waals surface area contributed by atoms with Gasteiger partial charge in [-0.1, -0.05) is 18.2 Å². The summed E-state index contributed by atoms with van der Waals surface area (Å²) in [5.41, 5.74) is 7.12. The Morgan fingerprint density at radius 2 is 1.94 bits per heavy atom. The van der Waals surface area contributed by atoms with E-state index in [4.69, 9.17) is 5.73 Å². The molecule has 0 aliphatic carbocycles. The first-order chi connectivity index (χ1) is 7.53. The van der Waals surface area contributed by atoms with Crippen molar-refractivity contribution in [3.63, 3.8) is 0 Å². The van der Waals surface area contributed by atoms with Crippen LogP contribution in [0.2, 0.25) is 0 Å². The van der Waals surface area contributed by atoms with E-state index in [0.29, 0.717) is 13.1 Å². The molecule has 4 nitrogen and oxygen atoms in total. The van der Waals surface area contributed by atoms with E-state index in [1.807, 2.05) is 25.1 Å². The highest BCUT2D eigenvalue weighted by atomic mass is 32.2. The largest absolute Gasteiger partial charge is 0.329 e. The predicted molar refractivity (Wildman–Crippen MR) is 67.0 cm³/mol. The molecule has 1 aromatic rings. The number of hydrogen-bond acceptors (Lipinski definition) is 3. The number of benzene rings is 1. The topological polar surface area (TPSA) is 63.4 Å². The Bertz CT molecular complexity index is 443. The van der Waals surface area contributed by atoms with Crippen LogP contribution in [0.1, 0.15) is 12.5 Å². The summed E-state index contributed by atoms with van der Waals surface area (Å²) in [6, 6.07) is 7.41. The first kappa shape index (κ1) is 13.0. The van der Waals surface area contributed by atoms with Gasteiger partial charge in [-0.2, -0.15) is 0 Å². The minimum absolute atomic E-state index is 0.0847. The molecule has 1 aromatic carbocycles. The van der Waals surface area contributed by atoms with Crippen molar-refractivity contribution in [1.29, 1.82) is 0 Å². The average molecular weight is 242 g/mol. The Labute approximate surface area is 97.1 Å². The van der Waals surface area contributed by atoms with E-state index in [9.17, 15) is 8.42 Å². The summed E-state index contributed by atoms with van der Waals surface area (Å²) in [6.07, 6.45) is 0. The molecule has 0 aliphatic rings. The standard InChI is InChI=1S/C11H18N2O2S/c1-3-16(14,15)13(9-8-12)11-7-5-4-6-10(11)2/h4-7H,3,8-9,12H2,1-2H3. The second-order valence-electron chi connectivity index (χ2n) is 3.55. The maximum absolute atomic E-state index is 11.9. The summed E-state index contributed by atoms with van der Waals surface area (Å²) in [6.45, 7) is 4.16. The number of aryl methyl sites for hydroxylation is 1. The molecular weight excluding hydrogens is 224 g/mol. The zero-order valence-corrected chi connectivity index (χ0v) is 10.5. The maximum Gasteiger partial charge on any atom is 0.234 e. The quantitative estimate of drug-likeness (QED) is 0.841. The Morgan fingerprint density at radius 3 is 2.44 bits per heavy atom. The van der Waals surface area contributed by atoms with E-state index >= 15 is 0 Å². The fourth-order valence-corrected chi connectivity index (χ4v) is 2.73. The van der Waals surface area contributed by atoms with Crippen LogP contribution < -0.4 is 10.0 Å². The van der Waals surface area contributed by atoms with Crippen molar-refractivity contribution < 1.29 is 8.42 Å². The Morgan fingerprint density at radius 1 is 1.31 bits per heavy atom. The van der Waals surface area contributed by atoms with Gasteiger partial charge in [0.2, 0.25) is 10.0 Å². The SMILES string of the molecule is CCS(=O)(=O)N(CCN)c1ccccc1C. The lowest BCUT2D eigenvalue weighted by Crippen LogP contribution is -2.36. The number of anilines is 1. The van der Waals surface area contributed by atoms with Gasteiger partial charge in [-0.25, -0.2) is 8.42 Å². The summed E-state index contributed by atoms with van der Waals surface area (Å²) in [7, 11) is -3.24. The van der Waals surface area contributed by atoms with Crippen LogP contribution in [0.4, 0.5) is 5.69 Å². The predicted octanol–water partition coefficient (Wildman–Crippen LogP) is 1.11. The summed E-state index contributed by atoms with van der Waals surface area (Å²) < 4.78 is 25.2. The summed E-state index contributed by atoms with van der Waals surface area (Å²) >= 11 is 0. The molecule has 5 heteroatoms. The van der Waals surface area contributed by atoms with Crippen LogP contribution in [0, 0.1) is 6.92 Å². The lowest BCUT2D eigenvalue weighted by molar-refractivity contribution is 0.592. The highest BCUT2D eigenvalue weighted by Crippen LogP contribution is 2.22. The van der Waals surface area contributed by atoms with E-state index in [1.165, 1.54) is 4.31 Å². The summed E-state index contributed by atoms with van der Waals surface area (Å²) in [4.78, 5) is 0. The van der Waals surface area contributed by atoms with E-state index in [0.717, 1.165) is 11.3 Å².